The number of nitrogens with one attached hydrogen (secondary N) is 1. The summed E-state index contributed by atoms with van der Waals surface area (Å²) in [6.07, 6.45) is 0. The standard InChI is InChI=1S/C20H33N3O3/c1-15(2)11-23(12-16(3)4)20(25)14-22(5)13-19(24)21-17-7-9-18(26-6)10-8-17/h7-10,15-16H,11-14H2,1-6H3,(H,21,24). The van der Waals surface area contributed by atoms with E-state index < -0.39 is 0 Å². The van der Waals surface area contributed by atoms with Crippen LogP contribution in [0.3, 0.4) is 0 Å². The maximum Gasteiger partial charge on any atom is 0.238 e. The van der Waals surface area contributed by atoms with E-state index in [-0.39, 0.29) is 24.9 Å². The molecule has 0 unspecified atom stereocenters. The lowest BCUT2D eigenvalue weighted by molar-refractivity contribution is -0.133. The van der Waals surface area contributed by atoms with Gasteiger partial charge in [0.15, 0.2) is 0 Å². The van der Waals surface area contributed by atoms with Gasteiger partial charge in [0.05, 0.1) is 20.2 Å². The van der Waals surface area contributed by atoms with Crippen molar-refractivity contribution < 1.29 is 14.3 Å². The normalized spacial score (nSPS) is 11.1. The average Bonchev–Trinajstić information content (AvgIpc) is 2.53. The third-order valence-electron chi connectivity index (χ3n) is 3.72. The SMILES string of the molecule is COc1ccc(NC(=O)CN(C)CC(=O)N(CC(C)C)CC(C)C)cc1. The molecule has 0 heterocycles. The number of anilines is 1. The highest BCUT2D eigenvalue weighted by molar-refractivity contribution is 5.92. The Bertz CT molecular complexity index is 560. The summed E-state index contributed by atoms with van der Waals surface area (Å²) in [6.45, 7) is 10.3. The van der Waals surface area contributed by atoms with Gasteiger partial charge in [-0.2, -0.15) is 0 Å². The molecule has 1 aromatic carbocycles. The van der Waals surface area contributed by atoms with Gasteiger partial charge in [0.1, 0.15) is 5.75 Å². The summed E-state index contributed by atoms with van der Waals surface area (Å²) in [5.41, 5.74) is 0.705. The molecular formula is C20H33N3O3. The summed E-state index contributed by atoms with van der Waals surface area (Å²) in [5, 5.41) is 2.83. The van der Waals surface area contributed by atoms with Crippen LogP contribution in [0.15, 0.2) is 24.3 Å². The zero-order chi connectivity index (χ0) is 19.7. The number of hydrogen-bond acceptors (Lipinski definition) is 4. The summed E-state index contributed by atoms with van der Waals surface area (Å²) in [7, 11) is 3.38. The minimum absolute atomic E-state index is 0.0622. The van der Waals surface area contributed by atoms with Gasteiger partial charge in [-0.1, -0.05) is 27.7 Å². The molecule has 26 heavy (non-hydrogen) atoms. The smallest absolute Gasteiger partial charge is 0.238 e. The van der Waals surface area contributed by atoms with Crippen LogP contribution < -0.4 is 10.1 Å². The number of methoxy groups -OCH3 is 1. The van der Waals surface area contributed by atoms with E-state index in [0.29, 0.717) is 17.5 Å². The first-order valence-electron chi connectivity index (χ1n) is 9.11. The van der Waals surface area contributed by atoms with Crippen LogP contribution >= 0.6 is 0 Å². The summed E-state index contributed by atoms with van der Waals surface area (Å²) in [5.74, 6) is 1.49. The molecule has 0 atom stereocenters. The highest BCUT2D eigenvalue weighted by Crippen LogP contribution is 2.14. The van der Waals surface area contributed by atoms with Crippen molar-refractivity contribution in [3.8, 4) is 5.75 Å². The van der Waals surface area contributed by atoms with E-state index >= 15 is 0 Å². The average molecular weight is 364 g/mol. The molecule has 146 valence electrons. The molecule has 2 amide bonds. The lowest BCUT2D eigenvalue weighted by atomic mass is 10.1. The van der Waals surface area contributed by atoms with E-state index in [0.717, 1.165) is 18.8 Å². The van der Waals surface area contributed by atoms with Gasteiger partial charge < -0.3 is 15.0 Å². The minimum atomic E-state index is -0.148. The van der Waals surface area contributed by atoms with Gasteiger partial charge in [-0.05, 0) is 43.1 Å². The van der Waals surface area contributed by atoms with E-state index in [1.807, 2.05) is 4.90 Å². The highest BCUT2D eigenvalue weighted by atomic mass is 16.5. The number of benzene rings is 1. The number of hydrogen-bond donors (Lipinski definition) is 1. The first kappa shape index (κ1) is 22.0. The Labute approximate surface area is 157 Å². The summed E-state index contributed by atoms with van der Waals surface area (Å²) in [6, 6.07) is 7.15. The molecule has 0 radical (unpaired) electrons. The monoisotopic (exact) mass is 363 g/mol. The third kappa shape index (κ3) is 8.34. The molecule has 1 N–H and O–H groups in total. The molecule has 0 fully saturated rings. The molecule has 6 heteroatoms. The molecule has 0 aromatic heterocycles. The molecule has 1 aromatic rings. The molecule has 0 aliphatic carbocycles. The van der Waals surface area contributed by atoms with E-state index in [4.69, 9.17) is 4.74 Å². The van der Waals surface area contributed by atoms with Crippen LogP contribution in [0, 0.1) is 11.8 Å². The van der Waals surface area contributed by atoms with Gasteiger partial charge in [0.25, 0.3) is 0 Å². The number of nitrogens with zero attached hydrogens (tertiary/aromatic N) is 2. The van der Waals surface area contributed by atoms with E-state index in [1.165, 1.54) is 0 Å². The van der Waals surface area contributed by atoms with Crippen LogP contribution in [0.1, 0.15) is 27.7 Å². The number of amides is 2. The highest BCUT2D eigenvalue weighted by Gasteiger charge is 2.19. The van der Waals surface area contributed by atoms with Crippen molar-refractivity contribution in [3.63, 3.8) is 0 Å². The molecule has 1 rings (SSSR count). The van der Waals surface area contributed by atoms with Gasteiger partial charge in [-0.3, -0.25) is 14.5 Å². The second kappa shape index (κ2) is 10.8. The maximum atomic E-state index is 12.6. The number of likely N-dealkylation sites (N-methyl/N-ethyl adjacent to an activating group) is 1. The molecule has 0 bridgehead atoms. The van der Waals surface area contributed by atoms with Crippen LogP contribution in [-0.4, -0.2) is 62.0 Å². The van der Waals surface area contributed by atoms with Crippen molar-refractivity contribution in [1.29, 1.82) is 0 Å². The molecular weight excluding hydrogens is 330 g/mol. The Morgan fingerprint density at radius 1 is 1.00 bits per heavy atom. The van der Waals surface area contributed by atoms with Crippen molar-refractivity contribution in [1.82, 2.24) is 9.80 Å². The van der Waals surface area contributed by atoms with Gasteiger partial charge in [-0.25, -0.2) is 0 Å². The lowest BCUT2D eigenvalue weighted by Crippen LogP contribution is -2.44. The van der Waals surface area contributed by atoms with Crippen molar-refractivity contribution in [2.24, 2.45) is 11.8 Å². The summed E-state index contributed by atoms with van der Waals surface area (Å²) in [4.78, 5) is 28.4. The fourth-order valence-electron chi connectivity index (χ4n) is 2.67. The Morgan fingerprint density at radius 2 is 1.54 bits per heavy atom. The number of carbonyl (C=O) groups is 2. The molecule has 0 aliphatic rings. The summed E-state index contributed by atoms with van der Waals surface area (Å²) < 4.78 is 5.10. The van der Waals surface area contributed by atoms with Crippen molar-refractivity contribution in [2.75, 3.05) is 45.7 Å². The maximum absolute atomic E-state index is 12.6. The minimum Gasteiger partial charge on any atom is -0.497 e. The lowest BCUT2D eigenvalue weighted by Gasteiger charge is -2.28. The Hall–Kier alpha value is -2.08. The Balaban J connectivity index is 2.52. The Kier molecular flexibility index (Phi) is 9.13. The second-order valence-corrected chi connectivity index (χ2v) is 7.54. The number of rotatable bonds is 10. The van der Waals surface area contributed by atoms with Gasteiger partial charge in [0, 0.05) is 18.8 Å². The zero-order valence-corrected chi connectivity index (χ0v) is 16.9. The van der Waals surface area contributed by atoms with Crippen molar-refractivity contribution in [3.05, 3.63) is 24.3 Å². The number of ether oxygens (including phenoxy) is 1. The van der Waals surface area contributed by atoms with Gasteiger partial charge in [0.2, 0.25) is 11.8 Å². The van der Waals surface area contributed by atoms with Gasteiger partial charge in [-0.15, -0.1) is 0 Å². The summed E-state index contributed by atoms with van der Waals surface area (Å²) >= 11 is 0. The van der Waals surface area contributed by atoms with Gasteiger partial charge >= 0.3 is 0 Å². The van der Waals surface area contributed by atoms with E-state index in [9.17, 15) is 9.59 Å². The topological polar surface area (TPSA) is 61.9 Å². The van der Waals surface area contributed by atoms with Crippen molar-refractivity contribution >= 4 is 17.5 Å². The number of carbonyl (C=O) groups excluding carboxylic acids is 2. The van der Waals surface area contributed by atoms with Crippen LogP contribution in [0.2, 0.25) is 0 Å². The molecule has 6 nitrogen and oxygen atoms in total. The van der Waals surface area contributed by atoms with Crippen LogP contribution in [-0.2, 0) is 9.59 Å². The third-order valence-corrected chi connectivity index (χ3v) is 3.72. The molecule has 0 saturated carbocycles. The molecule has 0 saturated heterocycles. The largest absolute Gasteiger partial charge is 0.497 e. The fourth-order valence-corrected chi connectivity index (χ4v) is 2.67. The van der Waals surface area contributed by atoms with E-state index in [1.54, 1.807) is 43.3 Å². The predicted molar refractivity (Wildman–Crippen MR) is 105 cm³/mol. The van der Waals surface area contributed by atoms with E-state index in [2.05, 4.69) is 33.0 Å². The zero-order valence-electron chi connectivity index (χ0n) is 16.9. The first-order chi connectivity index (χ1) is 12.2. The quantitative estimate of drug-likeness (QED) is 0.694. The second-order valence-electron chi connectivity index (χ2n) is 7.54. The molecule has 0 spiro atoms. The first-order valence-corrected chi connectivity index (χ1v) is 9.11. The Morgan fingerprint density at radius 3 is 2.00 bits per heavy atom. The van der Waals surface area contributed by atoms with Crippen LogP contribution in [0.25, 0.3) is 0 Å². The van der Waals surface area contributed by atoms with Crippen LogP contribution in [0.4, 0.5) is 5.69 Å². The predicted octanol–water partition coefficient (Wildman–Crippen LogP) is 2.71. The fraction of sp³-hybridized carbons (Fsp3) is 0.600. The van der Waals surface area contributed by atoms with Crippen molar-refractivity contribution in [2.45, 2.75) is 27.7 Å². The van der Waals surface area contributed by atoms with Crippen LogP contribution in [0.5, 0.6) is 5.75 Å². The molecule has 0 aliphatic heterocycles.